The molecule has 0 saturated heterocycles. The molecule has 0 aliphatic carbocycles. The van der Waals surface area contributed by atoms with Crippen molar-refractivity contribution in [2.24, 2.45) is 0 Å². The Kier molecular flexibility index (Phi) is 1.99. The molecule has 4 rings (SSSR count). The van der Waals surface area contributed by atoms with Crippen molar-refractivity contribution in [3.63, 3.8) is 0 Å². The van der Waals surface area contributed by atoms with E-state index in [1.54, 1.807) is 11.3 Å². The number of halogens is 1. The topological polar surface area (TPSA) is 17.3 Å². The highest BCUT2D eigenvalue weighted by atomic mass is 127. The highest BCUT2D eigenvalue weighted by Gasteiger charge is 2.10. The molecule has 17 heavy (non-hydrogen) atoms. The molecule has 82 valence electrons. The number of hydrogen-bond acceptors (Lipinski definition) is 2. The van der Waals surface area contributed by atoms with Crippen LogP contribution in [0.4, 0.5) is 0 Å². The van der Waals surface area contributed by atoms with Gasteiger partial charge in [0.15, 0.2) is 4.96 Å². The molecule has 0 unspecified atom stereocenters. The van der Waals surface area contributed by atoms with E-state index >= 15 is 0 Å². The lowest BCUT2D eigenvalue weighted by Gasteiger charge is -1.95. The second kappa shape index (κ2) is 3.43. The molecule has 0 bridgehead atoms. The van der Waals surface area contributed by atoms with Gasteiger partial charge in [0.2, 0.25) is 0 Å². The molecule has 0 radical (unpaired) electrons. The summed E-state index contributed by atoms with van der Waals surface area (Å²) < 4.78 is 4.79. The smallest absolute Gasteiger partial charge is 0.195 e. The molecular weight excluding hydrogens is 343 g/mol. The molecule has 4 heteroatoms. The minimum atomic E-state index is 1.07. The Bertz CT molecular complexity index is 860. The molecule has 0 spiro atoms. The SMILES string of the molecule is Ic1ccc2sc3nc4ccccc4n3c2c1. The first-order valence-corrected chi connectivity index (χ1v) is 7.18. The molecule has 2 aromatic carbocycles. The Labute approximate surface area is 115 Å². The summed E-state index contributed by atoms with van der Waals surface area (Å²) in [6.07, 6.45) is 0. The lowest BCUT2D eigenvalue weighted by atomic mass is 10.3. The van der Waals surface area contributed by atoms with E-state index in [9.17, 15) is 0 Å². The first-order valence-electron chi connectivity index (χ1n) is 5.28. The second-order valence-electron chi connectivity index (χ2n) is 3.93. The van der Waals surface area contributed by atoms with Crippen molar-refractivity contribution in [2.45, 2.75) is 0 Å². The Morgan fingerprint density at radius 1 is 1.06 bits per heavy atom. The number of para-hydroxylation sites is 2. The van der Waals surface area contributed by atoms with Gasteiger partial charge in [-0.1, -0.05) is 23.5 Å². The second-order valence-corrected chi connectivity index (χ2v) is 6.19. The van der Waals surface area contributed by atoms with Gasteiger partial charge in [0.1, 0.15) is 0 Å². The maximum atomic E-state index is 4.66. The van der Waals surface area contributed by atoms with Crippen LogP contribution in [0.15, 0.2) is 42.5 Å². The molecule has 0 aliphatic heterocycles. The van der Waals surface area contributed by atoms with Gasteiger partial charge < -0.3 is 0 Å². The van der Waals surface area contributed by atoms with Crippen molar-refractivity contribution < 1.29 is 0 Å². The number of rotatable bonds is 0. The zero-order valence-corrected chi connectivity index (χ0v) is 11.7. The lowest BCUT2D eigenvalue weighted by Crippen LogP contribution is -1.80. The Balaban J connectivity index is 2.33. The van der Waals surface area contributed by atoms with Crippen molar-refractivity contribution in [1.82, 2.24) is 9.38 Å². The number of nitrogens with zero attached hydrogens (tertiary/aromatic N) is 2. The van der Waals surface area contributed by atoms with E-state index in [4.69, 9.17) is 0 Å². The van der Waals surface area contributed by atoms with Gasteiger partial charge >= 0.3 is 0 Å². The van der Waals surface area contributed by atoms with Crippen molar-refractivity contribution in [2.75, 3.05) is 0 Å². The normalized spacial score (nSPS) is 11.8. The van der Waals surface area contributed by atoms with Crippen LogP contribution in [0.1, 0.15) is 0 Å². The van der Waals surface area contributed by atoms with Crippen LogP contribution in [0.25, 0.3) is 26.2 Å². The highest BCUT2D eigenvalue weighted by Crippen LogP contribution is 2.30. The van der Waals surface area contributed by atoms with Crippen LogP contribution < -0.4 is 0 Å². The third-order valence-corrected chi connectivity index (χ3v) is 4.59. The van der Waals surface area contributed by atoms with Crippen LogP contribution in [-0.4, -0.2) is 9.38 Å². The van der Waals surface area contributed by atoms with Crippen molar-refractivity contribution >= 4 is 60.1 Å². The van der Waals surface area contributed by atoms with Crippen LogP contribution >= 0.6 is 33.9 Å². The third-order valence-electron chi connectivity index (χ3n) is 2.89. The predicted molar refractivity (Wildman–Crippen MR) is 80.8 cm³/mol. The van der Waals surface area contributed by atoms with E-state index in [2.05, 4.69) is 68.4 Å². The number of fused-ring (bicyclic) bond motifs is 5. The van der Waals surface area contributed by atoms with Gasteiger partial charge in [0, 0.05) is 3.57 Å². The fourth-order valence-corrected chi connectivity index (χ4v) is 3.65. The first-order chi connectivity index (χ1) is 8.33. The molecule has 2 aromatic heterocycles. The maximum absolute atomic E-state index is 4.66. The summed E-state index contributed by atoms with van der Waals surface area (Å²) in [5.74, 6) is 0. The number of hydrogen-bond donors (Lipinski definition) is 0. The molecule has 4 aromatic rings. The van der Waals surface area contributed by atoms with Crippen LogP contribution in [0, 0.1) is 3.57 Å². The summed E-state index contributed by atoms with van der Waals surface area (Å²) >= 11 is 4.10. The fourth-order valence-electron chi connectivity index (χ4n) is 2.16. The summed E-state index contributed by atoms with van der Waals surface area (Å²) in [6, 6.07) is 14.8. The molecule has 0 amide bonds. The van der Waals surface area contributed by atoms with E-state index in [-0.39, 0.29) is 0 Å². The van der Waals surface area contributed by atoms with E-state index in [1.807, 2.05) is 6.07 Å². The summed E-state index contributed by atoms with van der Waals surface area (Å²) in [6.45, 7) is 0. The standard InChI is InChI=1S/C13H7IN2S/c14-8-5-6-12-11(7-8)16-10-4-2-1-3-9(10)15-13(16)17-12/h1-7H. The van der Waals surface area contributed by atoms with E-state index in [0.29, 0.717) is 0 Å². The Hall–Kier alpha value is -1.14. The quantitative estimate of drug-likeness (QED) is 0.432. The molecule has 0 saturated carbocycles. The van der Waals surface area contributed by atoms with Gasteiger partial charge in [0.05, 0.1) is 21.3 Å². The van der Waals surface area contributed by atoms with Gasteiger partial charge in [-0.3, -0.25) is 4.40 Å². The van der Waals surface area contributed by atoms with Crippen molar-refractivity contribution in [3.05, 3.63) is 46.0 Å². The minimum absolute atomic E-state index is 1.07. The summed E-state index contributed by atoms with van der Waals surface area (Å²) in [4.78, 5) is 5.73. The molecule has 0 fully saturated rings. The number of benzene rings is 2. The Morgan fingerprint density at radius 2 is 1.94 bits per heavy atom. The van der Waals surface area contributed by atoms with E-state index in [1.165, 1.54) is 19.3 Å². The van der Waals surface area contributed by atoms with Crippen LogP contribution in [-0.2, 0) is 0 Å². The average Bonchev–Trinajstić information content (AvgIpc) is 2.84. The number of aromatic nitrogens is 2. The van der Waals surface area contributed by atoms with Crippen LogP contribution in [0.3, 0.4) is 0 Å². The molecule has 0 aliphatic rings. The predicted octanol–water partition coefficient (Wildman–Crippen LogP) is 4.31. The largest absolute Gasteiger partial charge is 0.283 e. The van der Waals surface area contributed by atoms with E-state index in [0.717, 1.165) is 10.5 Å². The zero-order valence-electron chi connectivity index (χ0n) is 8.72. The van der Waals surface area contributed by atoms with Gasteiger partial charge in [0.25, 0.3) is 0 Å². The highest BCUT2D eigenvalue weighted by molar-refractivity contribution is 14.1. The summed E-state index contributed by atoms with van der Waals surface area (Å²) in [7, 11) is 0. The fraction of sp³-hybridized carbons (Fsp3) is 0. The van der Waals surface area contributed by atoms with Crippen molar-refractivity contribution in [3.8, 4) is 0 Å². The van der Waals surface area contributed by atoms with Crippen LogP contribution in [0.5, 0.6) is 0 Å². The van der Waals surface area contributed by atoms with Gasteiger partial charge in [-0.05, 0) is 52.9 Å². The summed E-state index contributed by atoms with van der Waals surface area (Å²) in [5.41, 5.74) is 3.51. The van der Waals surface area contributed by atoms with Gasteiger partial charge in [-0.25, -0.2) is 4.98 Å². The minimum Gasteiger partial charge on any atom is -0.283 e. The monoisotopic (exact) mass is 350 g/mol. The van der Waals surface area contributed by atoms with Crippen molar-refractivity contribution in [1.29, 1.82) is 0 Å². The molecule has 2 heterocycles. The maximum Gasteiger partial charge on any atom is 0.195 e. The van der Waals surface area contributed by atoms with Gasteiger partial charge in [-0.15, -0.1) is 0 Å². The van der Waals surface area contributed by atoms with Gasteiger partial charge in [-0.2, -0.15) is 0 Å². The summed E-state index contributed by atoms with van der Waals surface area (Å²) in [5, 5.41) is 0. The number of imidazole rings is 1. The molecule has 2 nitrogen and oxygen atoms in total. The Morgan fingerprint density at radius 3 is 2.88 bits per heavy atom. The molecule has 0 N–H and O–H groups in total. The molecule has 0 atom stereocenters. The first kappa shape index (κ1) is 9.85. The lowest BCUT2D eigenvalue weighted by molar-refractivity contribution is 1.34. The average molecular weight is 350 g/mol. The number of thiazole rings is 1. The van der Waals surface area contributed by atoms with Crippen LogP contribution in [0.2, 0.25) is 0 Å². The van der Waals surface area contributed by atoms with E-state index < -0.39 is 0 Å². The molecular formula is C13H7IN2S. The third kappa shape index (κ3) is 1.34. The zero-order chi connectivity index (χ0) is 11.4.